The van der Waals surface area contributed by atoms with Crippen LogP contribution in [0.2, 0.25) is 0 Å². The van der Waals surface area contributed by atoms with Gasteiger partial charge in [0.05, 0.1) is 19.8 Å². The maximum absolute atomic E-state index is 5.51. The molecule has 0 bridgehead atoms. The zero-order valence-electron chi connectivity index (χ0n) is 17.7. The van der Waals surface area contributed by atoms with E-state index in [9.17, 15) is 0 Å². The molecular formula is C21H37IN4O2. The summed E-state index contributed by atoms with van der Waals surface area (Å²) in [5.74, 6) is 1.51. The predicted molar refractivity (Wildman–Crippen MR) is 126 cm³/mol. The number of morpholine rings is 1. The normalized spacial score (nSPS) is 16.5. The molecule has 1 heterocycles. The number of halogens is 1. The molecular weight excluding hydrogens is 467 g/mol. The summed E-state index contributed by atoms with van der Waals surface area (Å²) in [7, 11) is 3.54. The monoisotopic (exact) mass is 504 g/mol. The number of hydrogen-bond donors (Lipinski definition) is 2. The second kappa shape index (κ2) is 14.1. The maximum Gasteiger partial charge on any atom is 0.191 e. The highest BCUT2D eigenvalue weighted by molar-refractivity contribution is 14.0. The van der Waals surface area contributed by atoms with E-state index >= 15 is 0 Å². The van der Waals surface area contributed by atoms with Crippen LogP contribution in [0.15, 0.2) is 29.3 Å². The lowest BCUT2D eigenvalue weighted by molar-refractivity contribution is 0.0132. The van der Waals surface area contributed by atoms with Crippen LogP contribution in [0.3, 0.4) is 0 Å². The van der Waals surface area contributed by atoms with E-state index in [2.05, 4.69) is 58.6 Å². The topological polar surface area (TPSA) is 58.1 Å². The van der Waals surface area contributed by atoms with E-state index in [1.54, 1.807) is 7.11 Å². The molecule has 7 heteroatoms. The molecule has 1 aliphatic rings. The van der Waals surface area contributed by atoms with Gasteiger partial charge in [-0.2, -0.15) is 0 Å². The molecule has 0 radical (unpaired) electrons. The Balaban J connectivity index is 0.00000392. The summed E-state index contributed by atoms with van der Waals surface area (Å²) in [6, 6.07) is 8.93. The summed E-state index contributed by atoms with van der Waals surface area (Å²) in [6.45, 7) is 10.5. The second-order valence-corrected chi connectivity index (χ2v) is 7.49. The van der Waals surface area contributed by atoms with Crippen LogP contribution in [0.1, 0.15) is 31.4 Å². The van der Waals surface area contributed by atoms with Gasteiger partial charge in [0.1, 0.15) is 0 Å². The van der Waals surface area contributed by atoms with Crippen LogP contribution >= 0.6 is 24.0 Å². The number of ether oxygens (including phenoxy) is 2. The molecule has 0 spiro atoms. The van der Waals surface area contributed by atoms with Crippen LogP contribution in [0.4, 0.5) is 0 Å². The van der Waals surface area contributed by atoms with Crippen molar-refractivity contribution in [2.24, 2.45) is 10.9 Å². The van der Waals surface area contributed by atoms with Crippen molar-refractivity contribution in [2.75, 3.05) is 47.0 Å². The van der Waals surface area contributed by atoms with Gasteiger partial charge in [0, 0.05) is 46.4 Å². The molecule has 160 valence electrons. The van der Waals surface area contributed by atoms with Gasteiger partial charge in [-0.05, 0) is 23.5 Å². The molecule has 1 unspecified atom stereocenters. The molecule has 1 atom stereocenters. The SMILES string of the molecule is CN=C(NCc1cccc(COC)c1)NCC(CC(C)C)N1CCOCC1.I. The minimum atomic E-state index is 0. The summed E-state index contributed by atoms with van der Waals surface area (Å²) < 4.78 is 10.7. The third kappa shape index (κ3) is 9.07. The Hall–Kier alpha value is -0.900. The standard InChI is InChI=1S/C21H36N4O2.HI/c1-17(2)12-20(25-8-10-27-11-9-25)15-24-21(22-3)23-14-18-6-5-7-19(13-18)16-26-4;/h5-7,13,17,20H,8-12,14-16H2,1-4H3,(H2,22,23,24);1H. The van der Waals surface area contributed by atoms with Crippen LogP contribution in [-0.4, -0.2) is 63.9 Å². The predicted octanol–water partition coefficient (Wildman–Crippen LogP) is 2.86. The largest absolute Gasteiger partial charge is 0.380 e. The molecule has 1 aromatic carbocycles. The van der Waals surface area contributed by atoms with Gasteiger partial charge in [-0.1, -0.05) is 38.1 Å². The van der Waals surface area contributed by atoms with Gasteiger partial charge in [0.2, 0.25) is 0 Å². The minimum Gasteiger partial charge on any atom is -0.380 e. The third-order valence-corrected chi connectivity index (χ3v) is 4.80. The lowest BCUT2D eigenvalue weighted by Gasteiger charge is -2.35. The van der Waals surface area contributed by atoms with Crippen molar-refractivity contribution >= 4 is 29.9 Å². The molecule has 1 saturated heterocycles. The van der Waals surface area contributed by atoms with E-state index in [4.69, 9.17) is 9.47 Å². The first-order chi connectivity index (χ1) is 13.1. The van der Waals surface area contributed by atoms with Crippen LogP contribution in [0.5, 0.6) is 0 Å². The fourth-order valence-electron chi connectivity index (χ4n) is 3.47. The number of guanidine groups is 1. The summed E-state index contributed by atoms with van der Waals surface area (Å²) in [4.78, 5) is 6.92. The Bertz CT molecular complexity index is 577. The minimum absolute atomic E-state index is 0. The number of nitrogens with zero attached hydrogens (tertiary/aromatic N) is 2. The van der Waals surface area contributed by atoms with Crippen molar-refractivity contribution < 1.29 is 9.47 Å². The highest BCUT2D eigenvalue weighted by Gasteiger charge is 2.22. The van der Waals surface area contributed by atoms with E-state index in [1.165, 1.54) is 17.5 Å². The molecule has 0 amide bonds. The van der Waals surface area contributed by atoms with Gasteiger partial charge < -0.3 is 20.1 Å². The summed E-state index contributed by atoms with van der Waals surface area (Å²) in [6.07, 6.45) is 1.17. The number of aliphatic imine (C=N–C) groups is 1. The van der Waals surface area contributed by atoms with E-state index < -0.39 is 0 Å². The highest BCUT2D eigenvalue weighted by Crippen LogP contribution is 2.13. The van der Waals surface area contributed by atoms with Crippen molar-refractivity contribution in [1.29, 1.82) is 0 Å². The zero-order chi connectivity index (χ0) is 19.5. The molecule has 6 nitrogen and oxygen atoms in total. The lowest BCUT2D eigenvalue weighted by atomic mass is 10.0. The lowest BCUT2D eigenvalue weighted by Crippen LogP contribution is -2.50. The Morgan fingerprint density at radius 3 is 2.57 bits per heavy atom. The van der Waals surface area contributed by atoms with E-state index in [1.807, 2.05) is 7.05 Å². The molecule has 2 rings (SSSR count). The zero-order valence-corrected chi connectivity index (χ0v) is 20.1. The van der Waals surface area contributed by atoms with Gasteiger partial charge in [0.25, 0.3) is 0 Å². The quantitative estimate of drug-likeness (QED) is 0.308. The number of nitrogens with one attached hydrogen (secondary N) is 2. The van der Waals surface area contributed by atoms with Gasteiger partial charge in [-0.15, -0.1) is 24.0 Å². The smallest absolute Gasteiger partial charge is 0.191 e. The number of hydrogen-bond acceptors (Lipinski definition) is 4. The summed E-state index contributed by atoms with van der Waals surface area (Å²) >= 11 is 0. The Kier molecular flexibility index (Phi) is 12.7. The molecule has 1 aromatic rings. The summed E-state index contributed by atoms with van der Waals surface area (Å²) in [5.41, 5.74) is 2.41. The van der Waals surface area contributed by atoms with Crippen molar-refractivity contribution in [3.05, 3.63) is 35.4 Å². The molecule has 28 heavy (non-hydrogen) atoms. The fraction of sp³-hybridized carbons (Fsp3) is 0.667. The van der Waals surface area contributed by atoms with Crippen molar-refractivity contribution in [1.82, 2.24) is 15.5 Å². The van der Waals surface area contributed by atoms with E-state index in [0.29, 0.717) is 18.6 Å². The van der Waals surface area contributed by atoms with Crippen LogP contribution in [-0.2, 0) is 22.6 Å². The Labute approximate surface area is 187 Å². The molecule has 1 fully saturated rings. The molecule has 1 aliphatic heterocycles. The molecule has 2 N–H and O–H groups in total. The number of methoxy groups -OCH3 is 1. The van der Waals surface area contributed by atoms with Gasteiger partial charge in [-0.25, -0.2) is 0 Å². The number of benzene rings is 1. The first-order valence-electron chi connectivity index (χ1n) is 9.95. The van der Waals surface area contributed by atoms with Crippen molar-refractivity contribution in [3.8, 4) is 0 Å². The van der Waals surface area contributed by atoms with Crippen molar-refractivity contribution in [3.63, 3.8) is 0 Å². The van der Waals surface area contributed by atoms with Crippen LogP contribution < -0.4 is 10.6 Å². The highest BCUT2D eigenvalue weighted by atomic mass is 127. The van der Waals surface area contributed by atoms with Crippen molar-refractivity contribution in [2.45, 2.75) is 39.5 Å². The maximum atomic E-state index is 5.51. The van der Waals surface area contributed by atoms with E-state index in [0.717, 1.165) is 45.4 Å². The van der Waals surface area contributed by atoms with Crippen LogP contribution in [0, 0.1) is 5.92 Å². The first-order valence-corrected chi connectivity index (χ1v) is 9.95. The molecule has 0 aromatic heterocycles. The van der Waals surface area contributed by atoms with Crippen LogP contribution in [0.25, 0.3) is 0 Å². The Morgan fingerprint density at radius 2 is 1.93 bits per heavy atom. The second-order valence-electron chi connectivity index (χ2n) is 7.49. The molecule has 0 saturated carbocycles. The molecule has 0 aliphatic carbocycles. The van der Waals surface area contributed by atoms with E-state index in [-0.39, 0.29) is 24.0 Å². The first kappa shape index (κ1) is 25.1. The van der Waals surface area contributed by atoms with Gasteiger partial charge >= 0.3 is 0 Å². The Morgan fingerprint density at radius 1 is 1.21 bits per heavy atom. The van der Waals surface area contributed by atoms with Gasteiger partial charge in [-0.3, -0.25) is 9.89 Å². The number of rotatable bonds is 9. The third-order valence-electron chi connectivity index (χ3n) is 4.80. The fourth-order valence-corrected chi connectivity index (χ4v) is 3.47. The average Bonchev–Trinajstić information content (AvgIpc) is 2.68. The summed E-state index contributed by atoms with van der Waals surface area (Å²) in [5, 5.41) is 6.94. The van der Waals surface area contributed by atoms with Gasteiger partial charge in [0.15, 0.2) is 5.96 Å². The average molecular weight is 504 g/mol.